The van der Waals surface area contributed by atoms with E-state index in [1.165, 1.54) is 0 Å². The largest absolute Gasteiger partial charge is 0.497 e. The van der Waals surface area contributed by atoms with Crippen molar-refractivity contribution in [2.45, 2.75) is 0 Å². The Morgan fingerprint density at radius 2 is 1.60 bits per heavy atom. The van der Waals surface area contributed by atoms with Gasteiger partial charge in [0.05, 0.1) is 13.2 Å². The predicted molar refractivity (Wildman–Crippen MR) is 75.7 cm³/mol. The van der Waals surface area contributed by atoms with Gasteiger partial charge in [-0.1, -0.05) is 30.3 Å². The van der Waals surface area contributed by atoms with Crippen molar-refractivity contribution in [2.75, 3.05) is 7.11 Å². The molecule has 4 nitrogen and oxygen atoms in total. The summed E-state index contributed by atoms with van der Waals surface area (Å²) >= 11 is 0. The summed E-state index contributed by atoms with van der Waals surface area (Å²) in [6.07, 6.45) is 1.04. The molecule has 0 aliphatic rings. The van der Waals surface area contributed by atoms with E-state index >= 15 is 0 Å². The summed E-state index contributed by atoms with van der Waals surface area (Å²) in [6, 6.07) is 16.0. The second-order valence-corrected chi connectivity index (χ2v) is 3.99. The fourth-order valence-corrected chi connectivity index (χ4v) is 1.66. The van der Waals surface area contributed by atoms with Gasteiger partial charge in [-0.15, -0.1) is 0 Å². The van der Waals surface area contributed by atoms with Crippen LogP contribution in [0.3, 0.4) is 0 Å². The molecule has 0 fully saturated rings. The molecule has 1 N–H and O–H groups in total. The van der Waals surface area contributed by atoms with E-state index in [1.807, 2.05) is 18.2 Å². The Hall–Kier alpha value is -2.75. The average molecular weight is 270 g/mol. The van der Waals surface area contributed by atoms with Crippen molar-refractivity contribution in [1.29, 1.82) is 0 Å². The highest BCUT2D eigenvalue weighted by Gasteiger charge is 2.07. The van der Waals surface area contributed by atoms with Crippen molar-refractivity contribution >= 4 is 11.7 Å². The normalized spacial score (nSPS) is 10.9. The van der Waals surface area contributed by atoms with E-state index in [9.17, 15) is 4.79 Å². The van der Waals surface area contributed by atoms with Crippen molar-refractivity contribution in [3.8, 4) is 11.5 Å². The van der Waals surface area contributed by atoms with Gasteiger partial charge in [0, 0.05) is 5.56 Å². The van der Waals surface area contributed by atoms with Crippen molar-refractivity contribution < 1.29 is 19.4 Å². The van der Waals surface area contributed by atoms with Gasteiger partial charge in [-0.25, -0.2) is 4.79 Å². The second kappa shape index (κ2) is 6.43. The molecule has 0 saturated carbocycles. The lowest BCUT2D eigenvalue weighted by molar-refractivity contribution is -0.131. The lowest BCUT2D eigenvalue weighted by atomic mass is 10.2. The van der Waals surface area contributed by atoms with Gasteiger partial charge < -0.3 is 14.6 Å². The summed E-state index contributed by atoms with van der Waals surface area (Å²) in [4.78, 5) is 10.9. The molecule has 2 rings (SSSR count). The van der Waals surface area contributed by atoms with Gasteiger partial charge in [0.2, 0.25) is 0 Å². The molecule has 0 aliphatic heterocycles. The molecule has 0 bridgehead atoms. The number of rotatable bonds is 5. The topological polar surface area (TPSA) is 55.8 Å². The Balaban J connectivity index is 2.26. The molecule has 0 saturated heterocycles. The minimum Gasteiger partial charge on any atom is -0.497 e. The van der Waals surface area contributed by atoms with Crippen LogP contribution in [0.2, 0.25) is 0 Å². The smallest absolute Gasteiger partial charge is 0.332 e. The van der Waals surface area contributed by atoms with Crippen molar-refractivity contribution in [2.24, 2.45) is 0 Å². The van der Waals surface area contributed by atoms with E-state index < -0.39 is 5.97 Å². The summed E-state index contributed by atoms with van der Waals surface area (Å²) in [5.74, 6) is 0.476. The number of carboxylic acids is 1. The summed E-state index contributed by atoms with van der Waals surface area (Å²) in [7, 11) is 1.58. The van der Waals surface area contributed by atoms with Gasteiger partial charge in [0.15, 0.2) is 0 Å². The van der Waals surface area contributed by atoms with Gasteiger partial charge in [0.1, 0.15) is 17.3 Å². The molecule has 2 aromatic rings. The Labute approximate surface area is 116 Å². The highest BCUT2D eigenvalue weighted by Crippen LogP contribution is 2.23. The Morgan fingerprint density at radius 3 is 2.15 bits per heavy atom. The van der Waals surface area contributed by atoms with Gasteiger partial charge in [-0.05, 0) is 24.3 Å². The first-order valence-electron chi connectivity index (χ1n) is 6.01. The molecular weight excluding hydrogens is 256 g/mol. The third-order valence-corrected chi connectivity index (χ3v) is 2.60. The molecule has 0 aromatic heterocycles. The standard InChI is InChI=1S/C16H14O4/c1-19-13-7-9-14(10-8-13)20-15(11-16(17)18)12-5-3-2-4-6-12/h2-11H,1H3,(H,17,18)/b15-11+. The number of methoxy groups -OCH3 is 1. The van der Waals surface area contributed by atoms with Crippen LogP contribution in [0, 0.1) is 0 Å². The van der Waals surface area contributed by atoms with Gasteiger partial charge in [0.25, 0.3) is 0 Å². The van der Waals surface area contributed by atoms with Crippen LogP contribution < -0.4 is 9.47 Å². The molecule has 0 unspecified atom stereocenters. The van der Waals surface area contributed by atoms with Crippen molar-refractivity contribution in [1.82, 2.24) is 0 Å². The summed E-state index contributed by atoms with van der Waals surface area (Å²) in [6.45, 7) is 0. The molecule has 2 aromatic carbocycles. The minimum absolute atomic E-state index is 0.281. The third-order valence-electron chi connectivity index (χ3n) is 2.60. The zero-order valence-corrected chi connectivity index (χ0v) is 10.9. The van der Waals surface area contributed by atoms with E-state index in [2.05, 4.69) is 0 Å². The zero-order valence-electron chi connectivity index (χ0n) is 10.9. The van der Waals surface area contributed by atoms with Crippen LogP contribution in [0.5, 0.6) is 11.5 Å². The molecule has 20 heavy (non-hydrogen) atoms. The molecule has 0 heterocycles. The molecule has 0 atom stereocenters. The van der Waals surface area contributed by atoms with Crippen molar-refractivity contribution in [3.63, 3.8) is 0 Å². The summed E-state index contributed by atoms with van der Waals surface area (Å²) < 4.78 is 10.7. The Kier molecular flexibility index (Phi) is 4.39. The maximum absolute atomic E-state index is 10.9. The number of hydrogen-bond acceptors (Lipinski definition) is 3. The highest BCUT2D eigenvalue weighted by atomic mass is 16.5. The van der Waals surface area contributed by atoms with Crippen LogP contribution >= 0.6 is 0 Å². The Morgan fingerprint density at radius 1 is 1.00 bits per heavy atom. The van der Waals surface area contributed by atoms with Gasteiger partial charge >= 0.3 is 5.97 Å². The lowest BCUT2D eigenvalue weighted by Crippen LogP contribution is -1.99. The fraction of sp³-hybridized carbons (Fsp3) is 0.0625. The fourth-order valence-electron chi connectivity index (χ4n) is 1.66. The molecule has 0 aliphatic carbocycles. The maximum atomic E-state index is 10.9. The highest BCUT2D eigenvalue weighted by molar-refractivity contribution is 5.88. The minimum atomic E-state index is -1.06. The SMILES string of the molecule is COc1ccc(O/C(=C/C(=O)O)c2ccccc2)cc1. The first-order valence-corrected chi connectivity index (χ1v) is 6.01. The van der Waals surface area contributed by atoms with Crippen LogP contribution in [-0.4, -0.2) is 18.2 Å². The summed E-state index contributed by atoms with van der Waals surface area (Å²) in [5, 5.41) is 8.93. The predicted octanol–water partition coefficient (Wildman–Crippen LogP) is 3.20. The van der Waals surface area contributed by atoms with Crippen LogP contribution in [0.4, 0.5) is 0 Å². The number of benzene rings is 2. The van der Waals surface area contributed by atoms with Crippen LogP contribution in [0.1, 0.15) is 5.56 Å². The Bertz CT molecular complexity index is 600. The van der Waals surface area contributed by atoms with Crippen LogP contribution in [-0.2, 0) is 4.79 Å². The quantitative estimate of drug-likeness (QED) is 0.669. The van der Waals surface area contributed by atoms with Gasteiger partial charge in [-0.3, -0.25) is 0 Å². The number of carbonyl (C=O) groups is 1. The first-order chi connectivity index (χ1) is 9.69. The number of aliphatic carboxylic acids is 1. The monoisotopic (exact) mass is 270 g/mol. The third kappa shape index (κ3) is 3.62. The van der Waals surface area contributed by atoms with E-state index in [-0.39, 0.29) is 5.76 Å². The zero-order chi connectivity index (χ0) is 14.4. The molecular formula is C16H14O4. The van der Waals surface area contributed by atoms with E-state index in [1.54, 1.807) is 43.5 Å². The molecule has 102 valence electrons. The van der Waals surface area contributed by atoms with Crippen LogP contribution in [0.15, 0.2) is 60.7 Å². The summed E-state index contributed by atoms with van der Waals surface area (Å²) in [5.41, 5.74) is 0.700. The number of carboxylic acid groups (broad SMARTS) is 1. The number of hydrogen-bond donors (Lipinski definition) is 1. The molecule has 0 amide bonds. The van der Waals surface area contributed by atoms with E-state index in [4.69, 9.17) is 14.6 Å². The average Bonchev–Trinajstić information content (AvgIpc) is 2.48. The van der Waals surface area contributed by atoms with Gasteiger partial charge in [-0.2, -0.15) is 0 Å². The first kappa shape index (κ1) is 13.7. The number of ether oxygens (including phenoxy) is 2. The van der Waals surface area contributed by atoms with Crippen LogP contribution in [0.25, 0.3) is 5.76 Å². The van der Waals surface area contributed by atoms with E-state index in [0.29, 0.717) is 17.1 Å². The van der Waals surface area contributed by atoms with E-state index in [0.717, 1.165) is 6.08 Å². The molecule has 4 heteroatoms. The maximum Gasteiger partial charge on any atom is 0.332 e. The second-order valence-electron chi connectivity index (χ2n) is 3.99. The molecule has 0 radical (unpaired) electrons. The lowest BCUT2D eigenvalue weighted by Gasteiger charge is -2.10. The van der Waals surface area contributed by atoms with Crippen molar-refractivity contribution in [3.05, 3.63) is 66.2 Å². The molecule has 0 spiro atoms.